The Hall–Kier alpha value is -0.550. The lowest BCUT2D eigenvalue weighted by Crippen LogP contribution is -2.46. The molecule has 0 unspecified atom stereocenters. The van der Waals surface area contributed by atoms with E-state index < -0.39 is 0 Å². The van der Waals surface area contributed by atoms with Crippen molar-refractivity contribution in [3.8, 4) is 6.07 Å². The van der Waals surface area contributed by atoms with Gasteiger partial charge in [0.25, 0.3) is 0 Å². The second-order valence-electron chi connectivity index (χ2n) is 5.56. The van der Waals surface area contributed by atoms with Crippen LogP contribution in [0.25, 0.3) is 0 Å². The van der Waals surface area contributed by atoms with E-state index in [1.165, 1.54) is 19.3 Å². The average molecular weight is 208 g/mol. The first-order valence-corrected chi connectivity index (χ1v) is 6.10. The molecule has 0 aromatic rings. The number of rotatable bonds is 3. The molecule has 0 aliphatic heterocycles. The van der Waals surface area contributed by atoms with E-state index in [0.29, 0.717) is 5.41 Å². The first-order chi connectivity index (χ1) is 6.99. The standard InChI is InChI=1S/C13H24N2/c1-5-12(2,3)11-6-8-13(10-14,15-4)9-7-11/h11,15H,5-9H2,1-4H3. The molecular weight excluding hydrogens is 184 g/mol. The summed E-state index contributed by atoms with van der Waals surface area (Å²) < 4.78 is 0. The molecule has 2 heteroatoms. The summed E-state index contributed by atoms with van der Waals surface area (Å²) in [5.41, 5.74) is 0.204. The van der Waals surface area contributed by atoms with Gasteiger partial charge in [0, 0.05) is 0 Å². The normalized spacial score (nSPS) is 32.3. The number of nitrogens with one attached hydrogen (secondary N) is 1. The van der Waals surface area contributed by atoms with Gasteiger partial charge in [-0.1, -0.05) is 27.2 Å². The van der Waals surface area contributed by atoms with Gasteiger partial charge in [0.05, 0.1) is 6.07 Å². The lowest BCUT2D eigenvalue weighted by Gasteiger charge is -2.41. The van der Waals surface area contributed by atoms with Crippen molar-refractivity contribution in [3.63, 3.8) is 0 Å². The summed E-state index contributed by atoms with van der Waals surface area (Å²) in [5, 5.41) is 12.4. The van der Waals surface area contributed by atoms with Crippen LogP contribution in [0.1, 0.15) is 52.9 Å². The first-order valence-electron chi connectivity index (χ1n) is 6.10. The van der Waals surface area contributed by atoms with Gasteiger partial charge in [-0.25, -0.2) is 0 Å². The van der Waals surface area contributed by atoms with E-state index in [1.54, 1.807) is 0 Å². The Morgan fingerprint density at radius 2 is 1.93 bits per heavy atom. The summed E-state index contributed by atoms with van der Waals surface area (Å²) in [5.74, 6) is 0.789. The highest BCUT2D eigenvalue weighted by Crippen LogP contribution is 2.43. The van der Waals surface area contributed by atoms with Crippen LogP contribution in [-0.2, 0) is 0 Å². The molecule has 2 nitrogen and oxygen atoms in total. The van der Waals surface area contributed by atoms with Crippen LogP contribution in [0.4, 0.5) is 0 Å². The van der Waals surface area contributed by atoms with Crippen LogP contribution >= 0.6 is 0 Å². The first kappa shape index (κ1) is 12.5. The van der Waals surface area contributed by atoms with Crippen LogP contribution in [0.2, 0.25) is 0 Å². The van der Waals surface area contributed by atoms with Crippen molar-refractivity contribution in [2.45, 2.75) is 58.4 Å². The van der Waals surface area contributed by atoms with Crippen LogP contribution < -0.4 is 5.32 Å². The van der Waals surface area contributed by atoms with Gasteiger partial charge in [-0.3, -0.25) is 0 Å². The topological polar surface area (TPSA) is 35.8 Å². The third-order valence-corrected chi connectivity index (χ3v) is 4.55. The van der Waals surface area contributed by atoms with Gasteiger partial charge in [-0.05, 0) is 44.1 Å². The molecule has 15 heavy (non-hydrogen) atoms. The molecular formula is C13H24N2. The summed E-state index contributed by atoms with van der Waals surface area (Å²) in [6.45, 7) is 6.98. The van der Waals surface area contributed by atoms with Gasteiger partial charge in [-0.15, -0.1) is 0 Å². The maximum Gasteiger partial charge on any atom is 0.106 e. The summed E-state index contributed by atoms with van der Waals surface area (Å²) in [6, 6.07) is 2.45. The third-order valence-electron chi connectivity index (χ3n) is 4.55. The van der Waals surface area contributed by atoms with E-state index in [-0.39, 0.29) is 5.54 Å². The smallest absolute Gasteiger partial charge is 0.106 e. The van der Waals surface area contributed by atoms with E-state index in [1.807, 2.05) is 7.05 Å². The van der Waals surface area contributed by atoms with Crippen LogP contribution in [0, 0.1) is 22.7 Å². The molecule has 0 heterocycles. The molecule has 1 aliphatic rings. The highest BCUT2D eigenvalue weighted by molar-refractivity contribution is 5.09. The zero-order valence-electron chi connectivity index (χ0n) is 10.6. The molecule has 1 N–H and O–H groups in total. The molecule has 0 amide bonds. The largest absolute Gasteiger partial charge is 0.302 e. The second kappa shape index (κ2) is 4.53. The van der Waals surface area contributed by atoms with Gasteiger partial charge in [0.15, 0.2) is 0 Å². The van der Waals surface area contributed by atoms with E-state index in [0.717, 1.165) is 18.8 Å². The molecule has 0 bridgehead atoms. The van der Waals surface area contributed by atoms with Crippen molar-refractivity contribution < 1.29 is 0 Å². The minimum absolute atomic E-state index is 0.236. The second-order valence-corrected chi connectivity index (χ2v) is 5.56. The minimum atomic E-state index is -0.236. The molecule has 0 aromatic heterocycles. The fourth-order valence-electron chi connectivity index (χ4n) is 2.60. The van der Waals surface area contributed by atoms with Crippen molar-refractivity contribution >= 4 is 0 Å². The predicted octanol–water partition coefficient (Wildman–Crippen LogP) is 3.09. The molecule has 1 saturated carbocycles. The lowest BCUT2D eigenvalue weighted by molar-refractivity contribution is 0.122. The summed E-state index contributed by atoms with van der Waals surface area (Å²) >= 11 is 0. The Labute approximate surface area is 94.1 Å². The fraction of sp³-hybridized carbons (Fsp3) is 0.923. The molecule has 86 valence electrons. The van der Waals surface area contributed by atoms with Gasteiger partial charge >= 0.3 is 0 Å². The summed E-state index contributed by atoms with van der Waals surface area (Å²) in [6.07, 6.45) is 5.63. The number of hydrogen-bond donors (Lipinski definition) is 1. The van der Waals surface area contributed by atoms with Crippen molar-refractivity contribution in [1.29, 1.82) is 5.26 Å². The predicted molar refractivity (Wildman–Crippen MR) is 63.4 cm³/mol. The van der Waals surface area contributed by atoms with Crippen LogP contribution in [0.5, 0.6) is 0 Å². The van der Waals surface area contributed by atoms with E-state index >= 15 is 0 Å². The van der Waals surface area contributed by atoms with Crippen molar-refractivity contribution in [1.82, 2.24) is 5.32 Å². The van der Waals surface area contributed by atoms with Gasteiger partial charge in [-0.2, -0.15) is 5.26 Å². The highest BCUT2D eigenvalue weighted by Gasteiger charge is 2.38. The quantitative estimate of drug-likeness (QED) is 0.773. The Kier molecular flexibility index (Phi) is 3.78. The SMILES string of the molecule is CCC(C)(C)C1CCC(C#N)(NC)CC1. The Bertz CT molecular complexity index is 242. The maximum absolute atomic E-state index is 9.18. The lowest BCUT2D eigenvalue weighted by atomic mass is 9.66. The van der Waals surface area contributed by atoms with Gasteiger partial charge in [0.1, 0.15) is 5.54 Å². The molecule has 0 radical (unpaired) electrons. The average Bonchev–Trinajstić information content (AvgIpc) is 2.29. The fourth-order valence-corrected chi connectivity index (χ4v) is 2.60. The minimum Gasteiger partial charge on any atom is -0.302 e. The van der Waals surface area contributed by atoms with Crippen molar-refractivity contribution in [2.24, 2.45) is 11.3 Å². The Morgan fingerprint density at radius 1 is 1.40 bits per heavy atom. The molecule has 0 aromatic carbocycles. The molecule has 1 aliphatic carbocycles. The van der Waals surface area contributed by atoms with Crippen LogP contribution in [0.3, 0.4) is 0 Å². The maximum atomic E-state index is 9.18. The van der Waals surface area contributed by atoms with Crippen LogP contribution in [0.15, 0.2) is 0 Å². The Morgan fingerprint density at radius 3 is 2.27 bits per heavy atom. The Balaban J connectivity index is 2.60. The zero-order chi connectivity index (χ0) is 11.5. The zero-order valence-corrected chi connectivity index (χ0v) is 10.6. The number of hydrogen-bond acceptors (Lipinski definition) is 2. The summed E-state index contributed by atoms with van der Waals surface area (Å²) in [7, 11) is 1.91. The van der Waals surface area contributed by atoms with Gasteiger partial charge in [0.2, 0.25) is 0 Å². The van der Waals surface area contributed by atoms with E-state index in [4.69, 9.17) is 0 Å². The molecule has 1 rings (SSSR count). The molecule has 0 atom stereocenters. The molecule has 1 fully saturated rings. The van der Waals surface area contributed by atoms with Gasteiger partial charge < -0.3 is 5.32 Å². The summed E-state index contributed by atoms with van der Waals surface area (Å²) in [4.78, 5) is 0. The van der Waals surface area contributed by atoms with Crippen molar-refractivity contribution in [2.75, 3.05) is 7.05 Å². The third kappa shape index (κ3) is 2.52. The molecule has 0 spiro atoms. The monoisotopic (exact) mass is 208 g/mol. The van der Waals surface area contributed by atoms with E-state index in [2.05, 4.69) is 32.2 Å². The van der Waals surface area contributed by atoms with Crippen LogP contribution in [-0.4, -0.2) is 12.6 Å². The highest BCUT2D eigenvalue weighted by atomic mass is 14.9. The van der Waals surface area contributed by atoms with E-state index in [9.17, 15) is 5.26 Å². The number of nitriles is 1. The number of nitrogens with zero attached hydrogens (tertiary/aromatic N) is 1. The van der Waals surface area contributed by atoms with Crippen molar-refractivity contribution in [3.05, 3.63) is 0 Å². The molecule has 0 saturated heterocycles.